The van der Waals surface area contributed by atoms with Gasteiger partial charge in [0.25, 0.3) is 0 Å². The second-order valence-corrected chi connectivity index (χ2v) is 9.14. The Bertz CT molecular complexity index is 606. The van der Waals surface area contributed by atoms with Gasteiger partial charge in [-0.2, -0.15) is 0 Å². The van der Waals surface area contributed by atoms with Crippen LogP contribution in [0.25, 0.3) is 0 Å². The molecule has 0 bridgehead atoms. The van der Waals surface area contributed by atoms with Crippen LogP contribution in [-0.2, 0) is 5.41 Å². The highest BCUT2D eigenvalue weighted by molar-refractivity contribution is 9.12. The quantitative estimate of drug-likeness (QED) is 0.581. The van der Waals surface area contributed by atoms with Gasteiger partial charge < -0.3 is 0 Å². The zero-order chi connectivity index (χ0) is 14.2. The molecule has 0 aliphatic rings. The van der Waals surface area contributed by atoms with Gasteiger partial charge in [0.15, 0.2) is 5.78 Å². The summed E-state index contributed by atoms with van der Waals surface area (Å²) in [6.07, 6.45) is 0. The molecule has 1 aromatic carbocycles. The van der Waals surface area contributed by atoms with Crippen LogP contribution < -0.4 is 0 Å². The lowest BCUT2D eigenvalue weighted by Crippen LogP contribution is -2.11. The van der Waals surface area contributed by atoms with Crippen LogP contribution in [0.15, 0.2) is 37.9 Å². The fourth-order valence-corrected chi connectivity index (χ4v) is 4.57. The monoisotopic (exact) mass is 400 g/mol. The number of ketones is 1. The number of carbonyl (C=O) groups excluding carboxylic acids is 1. The van der Waals surface area contributed by atoms with Gasteiger partial charge in [-0.3, -0.25) is 4.79 Å². The number of hydrogen-bond donors (Lipinski definition) is 0. The molecule has 0 fully saturated rings. The van der Waals surface area contributed by atoms with Gasteiger partial charge in [-0.1, -0.05) is 45.0 Å². The van der Waals surface area contributed by atoms with Crippen LogP contribution in [0.2, 0.25) is 0 Å². The molecule has 0 unspecified atom stereocenters. The second kappa shape index (κ2) is 5.51. The van der Waals surface area contributed by atoms with Crippen molar-refractivity contribution in [3.8, 4) is 0 Å². The summed E-state index contributed by atoms with van der Waals surface area (Å²) in [5, 5.41) is 0. The van der Waals surface area contributed by atoms with Crippen molar-refractivity contribution >= 4 is 49.0 Å². The van der Waals surface area contributed by atoms with Crippen molar-refractivity contribution < 1.29 is 4.79 Å². The maximum absolute atomic E-state index is 12.4. The normalized spacial score (nSPS) is 11.6. The minimum Gasteiger partial charge on any atom is -0.289 e. The SMILES string of the molecule is CC(C)(C)c1ccc(C(=O)c2cc(Br)sc2Br)cc1. The fourth-order valence-electron chi connectivity index (χ4n) is 1.77. The molecule has 0 aliphatic heterocycles. The third-order valence-electron chi connectivity index (χ3n) is 2.91. The molecule has 0 saturated carbocycles. The Balaban J connectivity index is 2.33. The minimum absolute atomic E-state index is 0.0503. The Morgan fingerprint density at radius 1 is 1.11 bits per heavy atom. The van der Waals surface area contributed by atoms with Crippen LogP contribution in [0, 0.1) is 0 Å². The Hall–Kier alpha value is -0.450. The number of thiophene rings is 1. The van der Waals surface area contributed by atoms with Crippen LogP contribution in [-0.4, -0.2) is 5.78 Å². The maximum atomic E-state index is 12.4. The van der Waals surface area contributed by atoms with E-state index in [0.717, 1.165) is 13.1 Å². The highest BCUT2D eigenvalue weighted by atomic mass is 79.9. The summed E-state index contributed by atoms with van der Waals surface area (Å²) >= 11 is 8.34. The average Bonchev–Trinajstić information content (AvgIpc) is 2.66. The standard InChI is InChI=1S/C15H14Br2OS/c1-15(2,3)10-6-4-9(5-7-10)13(18)11-8-12(16)19-14(11)17/h4-8H,1-3H3. The number of carbonyl (C=O) groups is 1. The van der Waals surface area contributed by atoms with Gasteiger partial charge >= 0.3 is 0 Å². The van der Waals surface area contributed by atoms with Gasteiger partial charge in [0.05, 0.1) is 7.57 Å². The van der Waals surface area contributed by atoms with Crippen LogP contribution in [0.1, 0.15) is 42.3 Å². The smallest absolute Gasteiger partial charge is 0.195 e. The van der Waals surface area contributed by atoms with Crippen molar-refractivity contribution in [3.63, 3.8) is 0 Å². The van der Waals surface area contributed by atoms with E-state index >= 15 is 0 Å². The van der Waals surface area contributed by atoms with E-state index in [1.807, 2.05) is 30.3 Å². The van der Waals surface area contributed by atoms with E-state index in [9.17, 15) is 4.79 Å². The molecular formula is C15H14Br2OS. The highest BCUT2D eigenvalue weighted by Crippen LogP contribution is 2.33. The molecular weight excluding hydrogens is 388 g/mol. The van der Waals surface area contributed by atoms with Crippen molar-refractivity contribution in [2.24, 2.45) is 0 Å². The zero-order valence-electron chi connectivity index (χ0n) is 11.0. The van der Waals surface area contributed by atoms with E-state index in [1.165, 1.54) is 16.9 Å². The van der Waals surface area contributed by atoms with Crippen LogP contribution in [0.5, 0.6) is 0 Å². The molecule has 1 heterocycles. The lowest BCUT2D eigenvalue weighted by Gasteiger charge is -2.18. The summed E-state index contributed by atoms with van der Waals surface area (Å²) in [6.45, 7) is 6.49. The number of hydrogen-bond acceptors (Lipinski definition) is 2. The molecule has 0 N–H and O–H groups in total. The van der Waals surface area contributed by atoms with E-state index in [-0.39, 0.29) is 11.2 Å². The Kier molecular flexibility index (Phi) is 4.33. The molecule has 2 rings (SSSR count). The molecule has 1 aromatic heterocycles. The number of halogens is 2. The summed E-state index contributed by atoms with van der Waals surface area (Å²) in [5.74, 6) is 0.0503. The van der Waals surface area contributed by atoms with E-state index in [4.69, 9.17) is 0 Å². The molecule has 1 nitrogen and oxygen atoms in total. The summed E-state index contributed by atoms with van der Waals surface area (Å²) in [5.41, 5.74) is 2.77. The summed E-state index contributed by atoms with van der Waals surface area (Å²) in [7, 11) is 0. The highest BCUT2D eigenvalue weighted by Gasteiger charge is 2.17. The van der Waals surface area contributed by atoms with Gasteiger partial charge in [0.2, 0.25) is 0 Å². The lowest BCUT2D eigenvalue weighted by atomic mass is 9.86. The second-order valence-electron chi connectivity index (χ2n) is 5.39. The fraction of sp³-hybridized carbons (Fsp3) is 0.267. The lowest BCUT2D eigenvalue weighted by molar-refractivity contribution is 0.103. The van der Waals surface area contributed by atoms with E-state index < -0.39 is 0 Å². The van der Waals surface area contributed by atoms with Crippen LogP contribution in [0.4, 0.5) is 0 Å². The van der Waals surface area contributed by atoms with E-state index in [0.29, 0.717) is 5.56 Å². The largest absolute Gasteiger partial charge is 0.289 e. The maximum Gasteiger partial charge on any atom is 0.195 e. The first-order chi connectivity index (χ1) is 8.79. The van der Waals surface area contributed by atoms with Crippen LogP contribution in [0.3, 0.4) is 0 Å². The first-order valence-corrected chi connectivity index (χ1v) is 8.29. The van der Waals surface area contributed by atoms with Crippen molar-refractivity contribution in [3.05, 3.63) is 54.6 Å². The number of benzene rings is 1. The van der Waals surface area contributed by atoms with Gasteiger partial charge in [0, 0.05) is 11.1 Å². The molecule has 0 saturated heterocycles. The number of rotatable bonds is 2. The molecule has 19 heavy (non-hydrogen) atoms. The predicted molar refractivity (Wildman–Crippen MR) is 88.3 cm³/mol. The summed E-state index contributed by atoms with van der Waals surface area (Å²) < 4.78 is 1.82. The Morgan fingerprint density at radius 2 is 1.68 bits per heavy atom. The minimum atomic E-state index is 0.0503. The van der Waals surface area contributed by atoms with Crippen molar-refractivity contribution in [2.75, 3.05) is 0 Å². The Labute approximate surface area is 134 Å². The van der Waals surface area contributed by atoms with Gasteiger partial charge in [-0.25, -0.2) is 0 Å². The molecule has 4 heteroatoms. The molecule has 0 atom stereocenters. The van der Waals surface area contributed by atoms with Crippen molar-refractivity contribution in [1.29, 1.82) is 0 Å². The molecule has 100 valence electrons. The first-order valence-electron chi connectivity index (χ1n) is 5.89. The van der Waals surface area contributed by atoms with Crippen molar-refractivity contribution in [1.82, 2.24) is 0 Å². The Morgan fingerprint density at radius 3 is 2.11 bits per heavy atom. The molecule has 2 aromatic rings. The molecule has 0 radical (unpaired) electrons. The van der Waals surface area contributed by atoms with E-state index in [2.05, 4.69) is 52.6 Å². The predicted octanol–water partition coefficient (Wildman–Crippen LogP) is 5.80. The van der Waals surface area contributed by atoms with Gasteiger partial charge in [0.1, 0.15) is 0 Å². The van der Waals surface area contributed by atoms with Gasteiger partial charge in [-0.15, -0.1) is 11.3 Å². The third-order valence-corrected chi connectivity index (χ3v) is 5.25. The molecule has 0 amide bonds. The average molecular weight is 402 g/mol. The molecule has 0 aliphatic carbocycles. The van der Waals surface area contributed by atoms with Gasteiger partial charge in [-0.05, 0) is 48.9 Å². The van der Waals surface area contributed by atoms with Crippen LogP contribution >= 0.6 is 43.2 Å². The molecule has 0 spiro atoms. The zero-order valence-corrected chi connectivity index (χ0v) is 14.9. The third kappa shape index (κ3) is 3.36. The van der Waals surface area contributed by atoms with Crippen molar-refractivity contribution in [2.45, 2.75) is 26.2 Å². The summed E-state index contributed by atoms with van der Waals surface area (Å²) in [6, 6.07) is 9.72. The topological polar surface area (TPSA) is 17.1 Å². The van der Waals surface area contributed by atoms with E-state index in [1.54, 1.807) is 0 Å². The first kappa shape index (κ1) is 14.9. The summed E-state index contributed by atoms with van der Waals surface area (Å²) in [4.78, 5) is 12.4.